The first-order valence-electron chi connectivity index (χ1n) is 5.39. The Kier molecular flexibility index (Phi) is 3.78. The largest absolute Gasteiger partial charge is 0.371 e. The van der Waals surface area contributed by atoms with E-state index in [4.69, 9.17) is 4.74 Å². The maximum Gasteiger partial charge on any atom is 0.0963 e. The van der Waals surface area contributed by atoms with Crippen molar-refractivity contribution in [3.05, 3.63) is 34.3 Å². The van der Waals surface area contributed by atoms with Crippen LogP contribution in [-0.2, 0) is 4.74 Å². The molecule has 0 N–H and O–H groups in total. The van der Waals surface area contributed by atoms with Crippen molar-refractivity contribution < 1.29 is 4.74 Å². The molecule has 0 amide bonds. The van der Waals surface area contributed by atoms with E-state index in [1.165, 1.54) is 5.56 Å². The van der Waals surface area contributed by atoms with Crippen LogP contribution in [0.3, 0.4) is 0 Å². The second kappa shape index (κ2) is 5.10. The zero-order valence-corrected chi connectivity index (χ0v) is 10.5. The van der Waals surface area contributed by atoms with Gasteiger partial charge in [-0.25, -0.2) is 0 Å². The van der Waals surface area contributed by atoms with E-state index in [0.717, 1.165) is 30.7 Å². The number of rotatable bonds is 2. The van der Waals surface area contributed by atoms with Gasteiger partial charge in [0.1, 0.15) is 0 Å². The van der Waals surface area contributed by atoms with E-state index in [2.05, 4.69) is 46.0 Å². The van der Waals surface area contributed by atoms with E-state index >= 15 is 0 Å². The molecular formula is C12H16BrNO. The summed E-state index contributed by atoms with van der Waals surface area (Å²) in [5, 5.41) is 0. The van der Waals surface area contributed by atoms with Crippen LogP contribution in [0.4, 0.5) is 0 Å². The van der Waals surface area contributed by atoms with Gasteiger partial charge in [-0.1, -0.05) is 41.1 Å². The van der Waals surface area contributed by atoms with Crippen molar-refractivity contribution >= 4 is 15.9 Å². The molecule has 1 atom stereocenters. The molecule has 1 aliphatic rings. The molecule has 15 heavy (non-hydrogen) atoms. The number of hydrogen-bond donors (Lipinski definition) is 0. The summed E-state index contributed by atoms with van der Waals surface area (Å²) in [6, 6.07) is 8.31. The van der Waals surface area contributed by atoms with Crippen LogP contribution < -0.4 is 0 Å². The molecule has 0 saturated carbocycles. The molecule has 1 aliphatic heterocycles. The summed E-state index contributed by atoms with van der Waals surface area (Å²) in [4.78, 5) is 2.42. The molecule has 2 nitrogen and oxygen atoms in total. The van der Waals surface area contributed by atoms with Gasteiger partial charge < -0.3 is 4.74 Å². The molecule has 0 spiro atoms. The number of ether oxygens (including phenoxy) is 1. The van der Waals surface area contributed by atoms with Gasteiger partial charge in [-0.15, -0.1) is 0 Å². The van der Waals surface area contributed by atoms with E-state index in [-0.39, 0.29) is 6.10 Å². The van der Waals surface area contributed by atoms with Gasteiger partial charge in [0.15, 0.2) is 0 Å². The van der Waals surface area contributed by atoms with Gasteiger partial charge in [0.25, 0.3) is 0 Å². The third-order valence-corrected chi connectivity index (χ3v) is 3.57. The third kappa shape index (κ3) is 2.60. The van der Waals surface area contributed by atoms with Crippen molar-refractivity contribution in [2.24, 2.45) is 0 Å². The normalized spacial score (nSPS) is 22.9. The van der Waals surface area contributed by atoms with Gasteiger partial charge in [-0.05, 0) is 18.2 Å². The average molecular weight is 270 g/mol. The zero-order valence-electron chi connectivity index (χ0n) is 8.95. The second-order valence-corrected chi connectivity index (χ2v) is 4.63. The lowest BCUT2D eigenvalue weighted by Crippen LogP contribution is -2.38. The number of halogens is 1. The van der Waals surface area contributed by atoms with Crippen LogP contribution >= 0.6 is 15.9 Å². The van der Waals surface area contributed by atoms with Crippen LogP contribution in [0.2, 0.25) is 0 Å². The summed E-state index contributed by atoms with van der Waals surface area (Å²) < 4.78 is 6.95. The molecule has 2 rings (SSSR count). The van der Waals surface area contributed by atoms with E-state index in [0.29, 0.717) is 0 Å². The highest BCUT2D eigenvalue weighted by Gasteiger charge is 2.22. The maximum absolute atomic E-state index is 5.81. The van der Waals surface area contributed by atoms with Gasteiger partial charge in [0, 0.05) is 17.6 Å². The molecule has 0 radical (unpaired) electrons. The van der Waals surface area contributed by atoms with Crippen molar-refractivity contribution in [1.82, 2.24) is 4.90 Å². The van der Waals surface area contributed by atoms with Crippen LogP contribution in [0.15, 0.2) is 28.7 Å². The number of benzene rings is 1. The molecule has 1 aromatic carbocycles. The van der Waals surface area contributed by atoms with Crippen LogP contribution in [0.5, 0.6) is 0 Å². The SMILES string of the molecule is CCN1CCOC(c2ccccc2Br)C1. The highest BCUT2D eigenvalue weighted by Crippen LogP contribution is 2.28. The lowest BCUT2D eigenvalue weighted by molar-refractivity contribution is -0.0285. The third-order valence-electron chi connectivity index (χ3n) is 2.85. The number of hydrogen-bond acceptors (Lipinski definition) is 2. The Morgan fingerprint density at radius 2 is 2.27 bits per heavy atom. The lowest BCUT2D eigenvalue weighted by atomic mass is 10.1. The Hall–Kier alpha value is -0.380. The Bertz CT molecular complexity index is 329. The second-order valence-electron chi connectivity index (χ2n) is 3.77. The first-order valence-corrected chi connectivity index (χ1v) is 6.19. The molecule has 1 aromatic rings. The van der Waals surface area contributed by atoms with Gasteiger partial charge >= 0.3 is 0 Å². The van der Waals surface area contributed by atoms with Crippen LogP contribution in [0, 0.1) is 0 Å². The Balaban J connectivity index is 2.13. The fourth-order valence-electron chi connectivity index (χ4n) is 1.91. The summed E-state index contributed by atoms with van der Waals surface area (Å²) >= 11 is 3.58. The predicted molar refractivity (Wildman–Crippen MR) is 64.9 cm³/mol. The average Bonchev–Trinajstić information content (AvgIpc) is 2.30. The maximum atomic E-state index is 5.81. The van der Waals surface area contributed by atoms with E-state index in [1.54, 1.807) is 0 Å². The minimum atomic E-state index is 0.217. The fourth-order valence-corrected chi connectivity index (χ4v) is 2.45. The van der Waals surface area contributed by atoms with E-state index in [1.807, 2.05) is 6.07 Å². The van der Waals surface area contributed by atoms with Gasteiger partial charge in [-0.2, -0.15) is 0 Å². The summed E-state index contributed by atoms with van der Waals surface area (Å²) in [5.41, 5.74) is 1.26. The van der Waals surface area contributed by atoms with Crippen molar-refractivity contribution in [3.8, 4) is 0 Å². The van der Waals surface area contributed by atoms with Crippen molar-refractivity contribution in [2.75, 3.05) is 26.2 Å². The topological polar surface area (TPSA) is 12.5 Å². The molecule has 1 heterocycles. The minimum Gasteiger partial charge on any atom is -0.371 e. The summed E-state index contributed by atoms with van der Waals surface area (Å²) in [6.07, 6.45) is 0.217. The van der Waals surface area contributed by atoms with Crippen molar-refractivity contribution in [2.45, 2.75) is 13.0 Å². The predicted octanol–water partition coefficient (Wildman–Crippen LogP) is 2.84. The molecule has 1 saturated heterocycles. The first-order chi connectivity index (χ1) is 7.31. The van der Waals surface area contributed by atoms with Crippen LogP contribution in [0.25, 0.3) is 0 Å². The molecule has 3 heteroatoms. The first kappa shape index (κ1) is 11.1. The fraction of sp³-hybridized carbons (Fsp3) is 0.500. The lowest BCUT2D eigenvalue weighted by Gasteiger charge is -2.32. The van der Waals surface area contributed by atoms with E-state index in [9.17, 15) is 0 Å². The highest BCUT2D eigenvalue weighted by atomic mass is 79.9. The molecular weight excluding hydrogens is 254 g/mol. The highest BCUT2D eigenvalue weighted by molar-refractivity contribution is 9.10. The van der Waals surface area contributed by atoms with Crippen molar-refractivity contribution in [3.63, 3.8) is 0 Å². The minimum absolute atomic E-state index is 0.217. The molecule has 0 aliphatic carbocycles. The van der Waals surface area contributed by atoms with Crippen LogP contribution in [0.1, 0.15) is 18.6 Å². The molecule has 1 fully saturated rings. The van der Waals surface area contributed by atoms with Crippen LogP contribution in [-0.4, -0.2) is 31.1 Å². The summed E-state index contributed by atoms with van der Waals surface area (Å²) in [7, 11) is 0. The van der Waals surface area contributed by atoms with E-state index < -0.39 is 0 Å². The molecule has 0 aromatic heterocycles. The monoisotopic (exact) mass is 269 g/mol. The number of nitrogens with zero attached hydrogens (tertiary/aromatic N) is 1. The summed E-state index contributed by atoms with van der Waals surface area (Å²) in [6.45, 7) is 6.18. The Morgan fingerprint density at radius 1 is 1.47 bits per heavy atom. The van der Waals surface area contributed by atoms with Gasteiger partial charge in [0.2, 0.25) is 0 Å². The zero-order chi connectivity index (χ0) is 10.7. The van der Waals surface area contributed by atoms with Gasteiger partial charge in [-0.3, -0.25) is 4.90 Å². The van der Waals surface area contributed by atoms with Gasteiger partial charge in [0.05, 0.1) is 12.7 Å². The quantitative estimate of drug-likeness (QED) is 0.819. The smallest absolute Gasteiger partial charge is 0.0963 e. The molecule has 0 bridgehead atoms. The number of morpholine rings is 1. The number of likely N-dealkylation sites (N-methyl/N-ethyl adjacent to an activating group) is 1. The van der Waals surface area contributed by atoms with Crippen molar-refractivity contribution in [1.29, 1.82) is 0 Å². The Labute approximate surface area is 99.4 Å². The summed E-state index contributed by atoms with van der Waals surface area (Å²) in [5.74, 6) is 0. The Morgan fingerprint density at radius 3 is 3.00 bits per heavy atom. The molecule has 1 unspecified atom stereocenters. The standard InChI is InChI=1S/C12H16BrNO/c1-2-14-7-8-15-12(9-14)10-5-3-4-6-11(10)13/h3-6,12H,2,7-9H2,1H3. The molecule has 82 valence electrons.